The Morgan fingerprint density at radius 3 is 2.88 bits per heavy atom. The van der Waals surface area contributed by atoms with Crippen LogP contribution in [0.15, 0.2) is 10.6 Å². The van der Waals surface area contributed by atoms with E-state index >= 15 is 0 Å². The molecule has 0 amide bonds. The first-order valence-electron chi connectivity index (χ1n) is 5.59. The number of aromatic nitrogens is 1. The Kier molecular flexibility index (Phi) is 2.24. The van der Waals surface area contributed by atoms with Crippen LogP contribution in [0.5, 0.6) is 0 Å². The molecule has 2 heterocycles. The third-order valence-corrected chi connectivity index (χ3v) is 4.42. The average Bonchev–Trinajstić information content (AvgIpc) is 2.84. The molecule has 3 rings (SSSR count). The number of fused-ring (bicyclic) bond motifs is 1. The number of anilines is 1. The van der Waals surface area contributed by atoms with Crippen LogP contribution in [0.1, 0.15) is 28.8 Å². The van der Waals surface area contributed by atoms with Crippen molar-refractivity contribution in [1.29, 1.82) is 0 Å². The van der Waals surface area contributed by atoms with Gasteiger partial charge in [-0.25, -0.2) is 0 Å². The standard InChI is InChI=1S/C12H14N2OS/c1-7-11(15-14-12(7)13)10-6-8-4-2-3-5-9(8)16-10/h6H,2-5H2,1H3,(H2,13,14). The Hall–Kier alpha value is -1.29. The predicted octanol–water partition coefficient (Wildman–Crippen LogP) is 3.17. The summed E-state index contributed by atoms with van der Waals surface area (Å²) in [6.45, 7) is 1.96. The lowest BCUT2D eigenvalue weighted by Gasteiger charge is -2.08. The van der Waals surface area contributed by atoms with Gasteiger partial charge in [-0.3, -0.25) is 0 Å². The van der Waals surface area contributed by atoms with Crippen molar-refractivity contribution >= 4 is 17.2 Å². The van der Waals surface area contributed by atoms with Crippen molar-refractivity contribution in [3.05, 3.63) is 22.1 Å². The van der Waals surface area contributed by atoms with Crippen molar-refractivity contribution in [1.82, 2.24) is 5.16 Å². The highest BCUT2D eigenvalue weighted by molar-refractivity contribution is 7.15. The summed E-state index contributed by atoms with van der Waals surface area (Å²) in [7, 11) is 0. The summed E-state index contributed by atoms with van der Waals surface area (Å²) < 4.78 is 5.29. The van der Waals surface area contributed by atoms with E-state index in [1.807, 2.05) is 18.3 Å². The van der Waals surface area contributed by atoms with Crippen LogP contribution >= 0.6 is 11.3 Å². The maximum atomic E-state index is 5.70. The van der Waals surface area contributed by atoms with E-state index in [4.69, 9.17) is 10.3 Å². The molecule has 1 aliphatic rings. The average molecular weight is 234 g/mol. The van der Waals surface area contributed by atoms with Gasteiger partial charge in [-0.15, -0.1) is 11.3 Å². The lowest BCUT2D eigenvalue weighted by molar-refractivity contribution is 0.436. The first-order valence-corrected chi connectivity index (χ1v) is 6.41. The second-order valence-corrected chi connectivity index (χ2v) is 5.42. The van der Waals surface area contributed by atoms with E-state index in [0.717, 1.165) is 11.3 Å². The predicted molar refractivity (Wildman–Crippen MR) is 65.6 cm³/mol. The lowest BCUT2D eigenvalue weighted by Crippen LogP contribution is -1.96. The molecule has 3 nitrogen and oxygen atoms in total. The molecule has 1 aliphatic carbocycles. The summed E-state index contributed by atoms with van der Waals surface area (Å²) in [5.41, 5.74) is 8.14. The van der Waals surface area contributed by atoms with Crippen LogP contribution in [0.25, 0.3) is 10.6 Å². The van der Waals surface area contributed by atoms with Gasteiger partial charge in [0, 0.05) is 10.4 Å². The molecular weight excluding hydrogens is 220 g/mol. The topological polar surface area (TPSA) is 52.0 Å². The number of thiophene rings is 1. The van der Waals surface area contributed by atoms with Crippen LogP contribution in [0, 0.1) is 6.92 Å². The molecular formula is C12H14N2OS. The van der Waals surface area contributed by atoms with Crippen molar-refractivity contribution in [3.63, 3.8) is 0 Å². The number of aryl methyl sites for hydroxylation is 2. The SMILES string of the molecule is Cc1c(N)noc1-c1cc2c(s1)CCCC2. The second-order valence-electron chi connectivity index (χ2n) is 4.29. The first kappa shape index (κ1) is 9.90. The van der Waals surface area contributed by atoms with Gasteiger partial charge in [0.15, 0.2) is 11.6 Å². The highest BCUT2D eigenvalue weighted by atomic mass is 32.1. The molecule has 0 unspecified atom stereocenters. The van der Waals surface area contributed by atoms with E-state index in [1.165, 1.54) is 41.0 Å². The third-order valence-electron chi connectivity index (χ3n) is 3.18. The Morgan fingerprint density at radius 1 is 1.38 bits per heavy atom. The van der Waals surface area contributed by atoms with E-state index in [0.29, 0.717) is 5.82 Å². The minimum Gasteiger partial charge on any atom is -0.381 e. The summed E-state index contributed by atoms with van der Waals surface area (Å²) in [5, 5.41) is 3.81. The smallest absolute Gasteiger partial charge is 0.181 e. The normalized spacial score (nSPS) is 15.1. The summed E-state index contributed by atoms with van der Waals surface area (Å²) in [4.78, 5) is 2.68. The molecule has 0 aromatic carbocycles. The maximum Gasteiger partial charge on any atom is 0.181 e. The second kappa shape index (κ2) is 3.63. The first-order chi connectivity index (χ1) is 7.75. The van der Waals surface area contributed by atoms with Gasteiger partial charge in [-0.2, -0.15) is 0 Å². The van der Waals surface area contributed by atoms with Crippen LogP contribution in [0.4, 0.5) is 5.82 Å². The van der Waals surface area contributed by atoms with Crippen LogP contribution in [0.3, 0.4) is 0 Å². The van der Waals surface area contributed by atoms with E-state index in [1.54, 1.807) is 0 Å². The van der Waals surface area contributed by atoms with Crippen molar-refractivity contribution < 1.29 is 4.52 Å². The van der Waals surface area contributed by atoms with Crippen LogP contribution < -0.4 is 5.73 Å². The largest absolute Gasteiger partial charge is 0.381 e. The van der Waals surface area contributed by atoms with Gasteiger partial charge in [0.2, 0.25) is 0 Å². The zero-order valence-electron chi connectivity index (χ0n) is 9.25. The molecule has 4 heteroatoms. The van der Waals surface area contributed by atoms with Gasteiger partial charge in [-0.1, -0.05) is 5.16 Å². The molecule has 2 aromatic heterocycles. The van der Waals surface area contributed by atoms with Crippen LogP contribution in [-0.4, -0.2) is 5.16 Å². The van der Waals surface area contributed by atoms with Gasteiger partial charge in [0.05, 0.1) is 4.88 Å². The van der Waals surface area contributed by atoms with Gasteiger partial charge < -0.3 is 10.3 Å². The fourth-order valence-electron chi connectivity index (χ4n) is 2.18. The quantitative estimate of drug-likeness (QED) is 0.824. The number of nitrogens with two attached hydrogens (primary N) is 1. The molecule has 0 aliphatic heterocycles. The van der Waals surface area contributed by atoms with Crippen LogP contribution in [0.2, 0.25) is 0 Å². The molecule has 16 heavy (non-hydrogen) atoms. The molecule has 2 aromatic rings. The molecule has 0 bridgehead atoms. The summed E-state index contributed by atoms with van der Waals surface area (Å²) in [5.74, 6) is 1.35. The van der Waals surface area contributed by atoms with Crippen molar-refractivity contribution in [2.45, 2.75) is 32.6 Å². The Balaban J connectivity index is 2.07. The molecule has 0 atom stereocenters. The van der Waals surface area contributed by atoms with Gasteiger partial charge in [-0.05, 0) is 44.2 Å². The fraction of sp³-hybridized carbons (Fsp3) is 0.417. The molecule has 0 spiro atoms. The summed E-state index contributed by atoms with van der Waals surface area (Å²) >= 11 is 1.83. The maximum absolute atomic E-state index is 5.70. The lowest BCUT2D eigenvalue weighted by atomic mass is 9.99. The monoisotopic (exact) mass is 234 g/mol. The van der Waals surface area contributed by atoms with Crippen molar-refractivity contribution in [3.8, 4) is 10.6 Å². The number of hydrogen-bond donors (Lipinski definition) is 1. The summed E-state index contributed by atoms with van der Waals surface area (Å²) in [6.07, 6.45) is 5.03. The molecule has 0 fully saturated rings. The number of hydrogen-bond acceptors (Lipinski definition) is 4. The van der Waals surface area contributed by atoms with Gasteiger partial charge in [0.25, 0.3) is 0 Å². The molecule has 0 saturated heterocycles. The number of nitrogens with zero attached hydrogens (tertiary/aromatic N) is 1. The minimum atomic E-state index is 0.501. The Labute approximate surface area is 98.3 Å². The zero-order chi connectivity index (χ0) is 11.1. The van der Waals surface area contributed by atoms with E-state index in [9.17, 15) is 0 Å². The van der Waals surface area contributed by atoms with E-state index in [-0.39, 0.29) is 0 Å². The molecule has 2 N–H and O–H groups in total. The minimum absolute atomic E-state index is 0.501. The van der Waals surface area contributed by atoms with Gasteiger partial charge in [0.1, 0.15) is 0 Å². The van der Waals surface area contributed by atoms with E-state index in [2.05, 4.69) is 11.2 Å². The third kappa shape index (κ3) is 1.45. The fourth-order valence-corrected chi connectivity index (χ4v) is 3.47. The summed E-state index contributed by atoms with van der Waals surface area (Å²) in [6, 6.07) is 2.24. The Morgan fingerprint density at radius 2 is 2.19 bits per heavy atom. The highest BCUT2D eigenvalue weighted by Crippen LogP contribution is 2.37. The Bertz CT molecular complexity index is 504. The molecule has 0 radical (unpaired) electrons. The highest BCUT2D eigenvalue weighted by Gasteiger charge is 2.18. The molecule has 0 saturated carbocycles. The number of nitrogen functional groups attached to an aromatic ring is 1. The zero-order valence-corrected chi connectivity index (χ0v) is 10.1. The van der Waals surface area contributed by atoms with Crippen molar-refractivity contribution in [2.24, 2.45) is 0 Å². The van der Waals surface area contributed by atoms with Crippen molar-refractivity contribution in [2.75, 3.05) is 5.73 Å². The number of rotatable bonds is 1. The van der Waals surface area contributed by atoms with Crippen LogP contribution in [-0.2, 0) is 12.8 Å². The molecule has 84 valence electrons. The van der Waals surface area contributed by atoms with Gasteiger partial charge >= 0.3 is 0 Å². The van der Waals surface area contributed by atoms with E-state index < -0.39 is 0 Å².